The van der Waals surface area contributed by atoms with Gasteiger partial charge in [-0.25, -0.2) is 0 Å². The number of rotatable bonds is 2. The molecular weight excluding hydrogens is 142 g/mol. The second kappa shape index (κ2) is 4.11. The maximum Gasteiger partial charge on any atom is 0.229 e. The molecule has 0 fully saturated rings. The topological polar surface area (TPSA) is 46.2 Å². The number of imide groups is 1. The fraction of sp³-hybridized carbons (Fsp3) is 0.750. The summed E-state index contributed by atoms with van der Waals surface area (Å²) >= 11 is 0. The van der Waals surface area contributed by atoms with E-state index in [0.29, 0.717) is 0 Å². The normalized spacial score (nSPS) is 12.8. The van der Waals surface area contributed by atoms with Crippen molar-refractivity contribution >= 4 is 11.8 Å². The lowest BCUT2D eigenvalue weighted by Gasteiger charge is -2.13. The third kappa shape index (κ3) is 3.75. The molecule has 64 valence electrons. The molecule has 0 aliphatic rings. The third-order valence-corrected chi connectivity index (χ3v) is 1.71. The lowest BCUT2D eigenvalue weighted by Crippen LogP contribution is -2.34. The van der Waals surface area contributed by atoms with Gasteiger partial charge >= 0.3 is 0 Å². The van der Waals surface area contributed by atoms with E-state index in [-0.39, 0.29) is 23.7 Å². The molecule has 2 amide bonds. The summed E-state index contributed by atoms with van der Waals surface area (Å²) in [5, 5.41) is 2.25. The minimum atomic E-state index is -0.289. The molecule has 1 N–H and O–H groups in total. The quantitative estimate of drug-likeness (QED) is 0.648. The van der Waals surface area contributed by atoms with Crippen LogP contribution in [0.5, 0.6) is 0 Å². The number of amides is 2. The van der Waals surface area contributed by atoms with E-state index >= 15 is 0 Å². The molecule has 1 atom stereocenters. The monoisotopic (exact) mass is 157 g/mol. The summed E-state index contributed by atoms with van der Waals surface area (Å²) in [5.41, 5.74) is 0. The van der Waals surface area contributed by atoms with Crippen molar-refractivity contribution in [2.45, 2.75) is 27.7 Å². The second-order valence-corrected chi connectivity index (χ2v) is 3.08. The number of carbonyl (C=O) groups is 2. The van der Waals surface area contributed by atoms with Gasteiger partial charge in [0.2, 0.25) is 11.8 Å². The first-order valence-corrected chi connectivity index (χ1v) is 3.76. The van der Waals surface area contributed by atoms with Crippen molar-refractivity contribution in [2.24, 2.45) is 11.8 Å². The Labute approximate surface area is 67.2 Å². The molecule has 0 aromatic rings. The lowest BCUT2D eigenvalue weighted by molar-refractivity contribution is -0.132. The van der Waals surface area contributed by atoms with Crippen molar-refractivity contribution < 1.29 is 9.59 Å². The molecule has 0 bridgehead atoms. The molecule has 0 aliphatic carbocycles. The summed E-state index contributed by atoms with van der Waals surface area (Å²) in [4.78, 5) is 21.5. The first-order valence-electron chi connectivity index (χ1n) is 3.76. The zero-order chi connectivity index (χ0) is 9.02. The lowest BCUT2D eigenvalue weighted by atomic mass is 9.97. The largest absolute Gasteiger partial charge is 0.296 e. The van der Waals surface area contributed by atoms with Crippen molar-refractivity contribution in [1.29, 1.82) is 0 Å². The fourth-order valence-corrected chi connectivity index (χ4v) is 0.590. The van der Waals surface area contributed by atoms with Crippen LogP contribution in [0.25, 0.3) is 0 Å². The highest BCUT2D eigenvalue weighted by Gasteiger charge is 2.16. The van der Waals surface area contributed by atoms with Gasteiger partial charge in [0.25, 0.3) is 0 Å². The van der Waals surface area contributed by atoms with E-state index < -0.39 is 0 Å². The molecule has 0 spiro atoms. The Bertz CT molecular complexity index is 163. The van der Waals surface area contributed by atoms with Gasteiger partial charge in [-0.2, -0.15) is 0 Å². The van der Waals surface area contributed by atoms with Gasteiger partial charge < -0.3 is 0 Å². The van der Waals surface area contributed by atoms with Crippen LogP contribution in [-0.4, -0.2) is 11.8 Å². The molecule has 1 unspecified atom stereocenters. The molecule has 11 heavy (non-hydrogen) atoms. The van der Waals surface area contributed by atoms with Crippen molar-refractivity contribution in [3.63, 3.8) is 0 Å². The second-order valence-electron chi connectivity index (χ2n) is 3.08. The summed E-state index contributed by atoms with van der Waals surface area (Å²) in [6, 6.07) is 0. The number of nitrogens with one attached hydrogen (secondary N) is 1. The summed E-state index contributed by atoms with van der Waals surface area (Å²) in [6.45, 7) is 7.04. The van der Waals surface area contributed by atoms with E-state index in [9.17, 15) is 9.59 Å². The van der Waals surface area contributed by atoms with Crippen LogP contribution >= 0.6 is 0 Å². The Morgan fingerprint density at radius 1 is 1.18 bits per heavy atom. The first-order chi connectivity index (χ1) is 4.95. The number of carbonyl (C=O) groups excluding carboxylic acids is 2. The van der Waals surface area contributed by atoms with Crippen LogP contribution in [-0.2, 0) is 9.59 Å². The van der Waals surface area contributed by atoms with Gasteiger partial charge in [-0.15, -0.1) is 0 Å². The summed E-state index contributed by atoms with van der Waals surface area (Å²) in [6.07, 6.45) is 0. The molecule has 0 saturated heterocycles. The zero-order valence-corrected chi connectivity index (χ0v) is 7.47. The predicted molar refractivity (Wildman–Crippen MR) is 42.8 cm³/mol. The smallest absolute Gasteiger partial charge is 0.229 e. The molecule has 3 heteroatoms. The molecule has 3 nitrogen and oxygen atoms in total. The van der Waals surface area contributed by atoms with E-state index in [1.807, 2.05) is 20.8 Å². The van der Waals surface area contributed by atoms with Crippen molar-refractivity contribution in [1.82, 2.24) is 5.32 Å². The van der Waals surface area contributed by atoms with Crippen molar-refractivity contribution in [2.75, 3.05) is 0 Å². The highest BCUT2D eigenvalue weighted by Crippen LogP contribution is 2.08. The zero-order valence-electron chi connectivity index (χ0n) is 7.47. The summed E-state index contributed by atoms with van der Waals surface area (Å²) in [7, 11) is 0. The molecule has 0 saturated carbocycles. The average Bonchev–Trinajstić information content (AvgIpc) is 1.84. The number of hydrogen-bond donors (Lipinski definition) is 1. The number of hydrogen-bond acceptors (Lipinski definition) is 2. The van der Waals surface area contributed by atoms with E-state index in [4.69, 9.17) is 0 Å². The van der Waals surface area contributed by atoms with Gasteiger partial charge in [0.15, 0.2) is 0 Å². The maximum atomic E-state index is 11.1. The van der Waals surface area contributed by atoms with Gasteiger partial charge in [0.05, 0.1) is 0 Å². The third-order valence-electron chi connectivity index (χ3n) is 1.71. The fourth-order valence-electron chi connectivity index (χ4n) is 0.590. The Balaban J connectivity index is 3.93. The molecule has 0 aromatic carbocycles. The Hall–Kier alpha value is -0.860. The van der Waals surface area contributed by atoms with Crippen LogP contribution in [0.15, 0.2) is 0 Å². The molecule has 0 aliphatic heterocycles. The van der Waals surface area contributed by atoms with Gasteiger partial charge in [-0.3, -0.25) is 14.9 Å². The summed E-state index contributed by atoms with van der Waals surface area (Å²) < 4.78 is 0. The highest BCUT2D eigenvalue weighted by molar-refractivity contribution is 5.95. The van der Waals surface area contributed by atoms with Crippen LogP contribution in [0.2, 0.25) is 0 Å². The predicted octanol–water partition coefficient (Wildman–Crippen LogP) is 0.941. The van der Waals surface area contributed by atoms with E-state index in [0.717, 1.165) is 0 Å². The standard InChI is InChI=1S/C8H15NO2/c1-5(2)6(3)8(11)9-7(4)10/h5-6H,1-4H3,(H,9,10,11). The van der Waals surface area contributed by atoms with Crippen molar-refractivity contribution in [3.05, 3.63) is 0 Å². The SMILES string of the molecule is CC(=O)NC(=O)C(C)C(C)C. The minimum absolute atomic E-state index is 0.0982. The minimum Gasteiger partial charge on any atom is -0.296 e. The maximum absolute atomic E-state index is 11.1. The van der Waals surface area contributed by atoms with E-state index in [1.54, 1.807) is 0 Å². The molecular formula is C8H15NO2. The molecule has 0 aromatic heterocycles. The van der Waals surface area contributed by atoms with Gasteiger partial charge in [-0.1, -0.05) is 20.8 Å². The van der Waals surface area contributed by atoms with E-state index in [2.05, 4.69) is 5.32 Å². The van der Waals surface area contributed by atoms with Gasteiger partial charge in [-0.05, 0) is 5.92 Å². The van der Waals surface area contributed by atoms with Crippen LogP contribution in [0.4, 0.5) is 0 Å². The van der Waals surface area contributed by atoms with Crippen molar-refractivity contribution in [3.8, 4) is 0 Å². The van der Waals surface area contributed by atoms with Crippen LogP contribution in [0.1, 0.15) is 27.7 Å². The van der Waals surface area contributed by atoms with Gasteiger partial charge in [0, 0.05) is 12.8 Å². The summed E-state index contributed by atoms with van der Waals surface area (Å²) in [5.74, 6) is -0.303. The Morgan fingerprint density at radius 3 is 1.91 bits per heavy atom. The average molecular weight is 157 g/mol. The van der Waals surface area contributed by atoms with Crippen LogP contribution in [0, 0.1) is 11.8 Å². The molecule has 0 rings (SSSR count). The Kier molecular flexibility index (Phi) is 3.79. The molecule has 0 radical (unpaired) electrons. The van der Waals surface area contributed by atoms with Gasteiger partial charge in [0.1, 0.15) is 0 Å². The first kappa shape index (κ1) is 10.1. The molecule has 0 heterocycles. The highest BCUT2D eigenvalue weighted by atomic mass is 16.2. The van der Waals surface area contributed by atoms with E-state index in [1.165, 1.54) is 6.92 Å². The van der Waals surface area contributed by atoms with Crippen LogP contribution in [0.3, 0.4) is 0 Å². The Morgan fingerprint density at radius 2 is 1.64 bits per heavy atom. The van der Waals surface area contributed by atoms with Crippen LogP contribution < -0.4 is 5.32 Å².